The first-order valence-corrected chi connectivity index (χ1v) is 6.90. The zero-order valence-corrected chi connectivity index (χ0v) is 12.3. The van der Waals surface area contributed by atoms with Crippen LogP contribution < -0.4 is 0 Å². The second-order valence-corrected chi connectivity index (χ2v) is 5.44. The van der Waals surface area contributed by atoms with Crippen molar-refractivity contribution < 1.29 is 19.8 Å². The topological polar surface area (TPSA) is 74.6 Å². The van der Waals surface area contributed by atoms with Gasteiger partial charge in [-0.15, -0.1) is 0 Å². The number of carbonyl (C=O) groups is 2. The highest BCUT2D eigenvalue weighted by Crippen LogP contribution is 2.36. The van der Waals surface area contributed by atoms with Crippen LogP contribution in [0.1, 0.15) is 26.3 Å². The van der Waals surface area contributed by atoms with E-state index < -0.39 is 11.9 Å². The number of rotatable bonds is 2. The minimum atomic E-state index is -1.18. The van der Waals surface area contributed by atoms with Crippen LogP contribution in [0.2, 0.25) is 5.02 Å². The number of hydrogen-bond donors (Lipinski definition) is 2. The van der Waals surface area contributed by atoms with Crippen LogP contribution in [0.25, 0.3) is 21.5 Å². The molecule has 0 unspecified atom stereocenters. The number of aryl methyl sites for hydroxylation is 1. The predicted molar refractivity (Wildman–Crippen MR) is 85.1 cm³/mol. The molecule has 0 amide bonds. The van der Waals surface area contributed by atoms with Crippen molar-refractivity contribution in [2.45, 2.75) is 6.92 Å². The molecular formula is C17H11ClO4. The number of fused-ring (bicyclic) bond motifs is 2. The number of carboxylic acids is 2. The van der Waals surface area contributed by atoms with E-state index in [0.717, 1.165) is 0 Å². The molecule has 0 spiro atoms. The van der Waals surface area contributed by atoms with Gasteiger partial charge in [-0.3, -0.25) is 0 Å². The molecule has 4 nitrogen and oxygen atoms in total. The van der Waals surface area contributed by atoms with Crippen molar-refractivity contribution in [3.05, 3.63) is 58.1 Å². The van der Waals surface area contributed by atoms with Gasteiger partial charge in [-0.2, -0.15) is 0 Å². The van der Waals surface area contributed by atoms with Crippen molar-refractivity contribution in [3.63, 3.8) is 0 Å². The van der Waals surface area contributed by atoms with Gasteiger partial charge in [0.15, 0.2) is 0 Å². The van der Waals surface area contributed by atoms with Crippen LogP contribution in [-0.4, -0.2) is 22.2 Å². The Balaban J connectivity index is 2.70. The molecule has 3 rings (SSSR count). The molecule has 3 aromatic carbocycles. The van der Waals surface area contributed by atoms with Crippen molar-refractivity contribution in [1.82, 2.24) is 0 Å². The number of aromatic carboxylic acids is 2. The summed E-state index contributed by atoms with van der Waals surface area (Å²) in [5.74, 6) is -2.35. The maximum atomic E-state index is 11.8. The fourth-order valence-corrected chi connectivity index (χ4v) is 2.96. The molecule has 0 aliphatic heterocycles. The van der Waals surface area contributed by atoms with Crippen LogP contribution in [0.3, 0.4) is 0 Å². The van der Waals surface area contributed by atoms with E-state index in [9.17, 15) is 19.8 Å². The Morgan fingerprint density at radius 3 is 2.32 bits per heavy atom. The van der Waals surface area contributed by atoms with Gasteiger partial charge in [0.1, 0.15) is 0 Å². The van der Waals surface area contributed by atoms with E-state index in [1.165, 1.54) is 6.07 Å². The van der Waals surface area contributed by atoms with Gasteiger partial charge >= 0.3 is 11.9 Å². The van der Waals surface area contributed by atoms with E-state index >= 15 is 0 Å². The Hall–Kier alpha value is -2.59. The molecule has 22 heavy (non-hydrogen) atoms. The van der Waals surface area contributed by atoms with Gasteiger partial charge in [-0.25, -0.2) is 9.59 Å². The molecule has 0 heterocycles. The highest BCUT2D eigenvalue weighted by molar-refractivity contribution is 6.38. The monoisotopic (exact) mass is 314 g/mol. The molecule has 5 heteroatoms. The van der Waals surface area contributed by atoms with Crippen LogP contribution in [0.5, 0.6) is 0 Å². The molecule has 0 saturated heterocycles. The molecule has 0 fully saturated rings. The summed E-state index contributed by atoms with van der Waals surface area (Å²) in [5, 5.41) is 21.2. The molecule has 0 atom stereocenters. The van der Waals surface area contributed by atoms with E-state index in [0.29, 0.717) is 26.7 Å². The van der Waals surface area contributed by atoms with Crippen LogP contribution in [0.15, 0.2) is 36.4 Å². The van der Waals surface area contributed by atoms with Crippen molar-refractivity contribution >= 4 is 45.1 Å². The summed E-state index contributed by atoms with van der Waals surface area (Å²) >= 11 is 6.29. The minimum absolute atomic E-state index is 0.0348. The van der Waals surface area contributed by atoms with E-state index in [4.69, 9.17) is 11.6 Å². The summed E-state index contributed by atoms with van der Waals surface area (Å²) in [4.78, 5) is 23.3. The fraction of sp³-hybridized carbons (Fsp3) is 0.0588. The average molecular weight is 315 g/mol. The summed E-state index contributed by atoms with van der Waals surface area (Å²) in [6.07, 6.45) is 0. The smallest absolute Gasteiger partial charge is 0.336 e. The Kier molecular flexibility index (Phi) is 3.26. The SMILES string of the molecule is Cc1cc(C(=O)O)c2c(C(=O)O)c3ccccc3cc2c1Cl. The van der Waals surface area contributed by atoms with E-state index in [1.54, 1.807) is 37.3 Å². The Bertz CT molecular complexity index is 960. The lowest BCUT2D eigenvalue weighted by atomic mass is 9.92. The van der Waals surface area contributed by atoms with Crippen molar-refractivity contribution in [1.29, 1.82) is 0 Å². The minimum Gasteiger partial charge on any atom is -0.478 e. The molecule has 0 aromatic heterocycles. The molecule has 0 aliphatic rings. The lowest BCUT2D eigenvalue weighted by Crippen LogP contribution is -2.06. The van der Waals surface area contributed by atoms with Crippen LogP contribution >= 0.6 is 11.6 Å². The third kappa shape index (κ3) is 2.00. The van der Waals surface area contributed by atoms with Gasteiger partial charge in [0.05, 0.1) is 16.1 Å². The summed E-state index contributed by atoms with van der Waals surface area (Å²) in [5.41, 5.74) is 0.505. The molecule has 0 bridgehead atoms. The number of halogens is 1. The van der Waals surface area contributed by atoms with Gasteiger partial charge in [-0.1, -0.05) is 35.9 Å². The van der Waals surface area contributed by atoms with Crippen molar-refractivity contribution in [2.24, 2.45) is 0 Å². The Morgan fingerprint density at radius 1 is 1.00 bits per heavy atom. The van der Waals surface area contributed by atoms with Crippen molar-refractivity contribution in [2.75, 3.05) is 0 Å². The molecule has 2 N–H and O–H groups in total. The molecule has 110 valence electrons. The maximum absolute atomic E-state index is 11.8. The van der Waals surface area contributed by atoms with Gasteiger partial charge in [-0.05, 0) is 35.4 Å². The van der Waals surface area contributed by atoms with Gasteiger partial charge < -0.3 is 10.2 Å². The first-order valence-electron chi connectivity index (χ1n) is 6.53. The van der Waals surface area contributed by atoms with Crippen LogP contribution in [0.4, 0.5) is 0 Å². The standard InChI is InChI=1S/C17H11ClO4/c1-8-6-12(16(19)20)13-11(15(8)18)7-9-4-2-3-5-10(9)14(13)17(21)22/h2-7H,1H3,(H,19,20)(H,21,22). The largest absolute Gasteiger partial charge is 0.478 e. The normalized spacial score (nSPS) is 11.0. The van der Waals surface area contributed by atoms with E-state index in [2.05, 4.69) is 0 Å². The second kappa shape index (κ2) is 5.00. The fourth-order valence-electron chi connectivity index (χ4n) is 2.76. The van der Waals surface area contributed by atoms with E-state index in [-0.39, 0.29) is 16.5 Å². The third-order valence-corrected chi connectivity index (χ3v) is 4.21. The van der Waals surface area contributed by atoms with Crippen molar-refractivity contribution in [3.8, 4) is 0 Å². The maximum Gasteiger partial charge on any atom is 0.336 e. The molecule has 0 aliphatic carbocycles. The summed E-state index contributed by atoms with van der Waals surface area (Å²) in [6, 6.07) is 10.1. The summed E-state index contributed by atoms with van der Waals surface area (Å²) in [7, 11) is 0. The highest BCUT2D eigenvalue weighted by atomic mass is 35.5. The number of carboxylic acid groups (broad SMARTS) is 2. The molecule has 0 radical (unpaired) electrons. The highest BCUT2D eigenvalue weighted by Gasteiger charge is 2.22. The number of hydrogen-bond acceptors (Lipinski definition) is 2. The summed E-state index contributed by atoms with van der Waals surface area (Å²) in [6.45, 7) is 1.70. The van der Waals surface area contributed by atoms with Gasteiger partial charge in [0.2, 0.25) is 0 Å². The quantitative estimate of drug-likeness (QED) is 0.689. The first kappa shape index (κ1) is 14.4. The number of benzene rings is 3. The zero-order valence-electron chi connectivity index (χ0n) is 11.6. The molecular weight excluding hydrogens is 304 g/mol. The second-order valence-electron chi connectivity index (χ2n) is 5.06. The lowest BCUT2D eigenvalue weighted by Gasteiger charge is -2.13. The third-order valence-electron chi connectivity index (χ3n) is 3.71. The summed E-state index contributed by atoms with van der Waals surface area (Å²) < 4.78 is 0. The predicted octanol–water partition coefficient (Wildman–Crippen LogP) is 4.35. The first-order chi connectivity index (χ1) is 10.4. The average Bonchev–Trinajstić information content (AvgIpc) is 2.48. The van der Waals surface area contributed by atoms with Crippen LogP contribution in [-0.2, 0) is 0 Å². The van der Waals surface area contributed by atoms with Crippen LogP contribution in [0, 0.1) is 6.92 Å². The lowest BCUT2D eigenvalue weighted by molar-refractivity contribution is 0.0696. The van der Waals surface area contributed by atoms with Gasteiger partial charge in [0.25, 0.3) is 0 Å². The molecule has 0 saturated carbocycles. The molecule has 3 aromatic rings. The Labute approximate surface area is 130 Å². The van der Waals surface area contributed by atoms with Gasteiger partial charge in [0, 0.05) is 10.8 Å². The van der Waals surface area contributed by atoms with E-state index in [1.807, 2.05) is 0 Å². The zero-order chi connectivity index (χ0) is 16.0. The Morgan fingerprint density at radius 2 is 1.68 bits per heavy atom.